The van der Waals surface area contributed by atoms with Crippen molar-refractivity contribution in [2.75, 3.05) is 13.6 Å². The monoisotopic (exact) mass is 224 g/mol. The summed E-state index contributed by atoms with van der Waals surface area (Å²) >= 11 is 0. The Morgan fingerprint density at radius 3 is 3.12 bits per heavy atom. The Morgan fingerprint density at radius 1 is 1.69 bits per heavy atom. The van der Waals surface area contributed by atoms with Gasteiger partial charge >= 0.3 is 5.97 Å². The van der Waals surface area contributed by atoms with Crippen LogP contribution >= 0.6 is 0 Å². The maximum atomic E-state index is 10.6. The van der Waals surface area contributed by atoms with Crippen LogP contribution in [0, 0.1) is 0 Å². The van der Waals surface area contributed by atoms with Crippen molar-refractivity contribution in [1.82, 2.24) is 10.1 Å². The number of piperidine rings is 1. The summed E-state index contributed by atoms with van der Waals surface area (Å²) in [6, 6.07) is 1.97. The van der Waals surface area contributed by atoms with Gasteiger partial charge in [-0.3, -0.25) is 0 Å². The molecule has 16 heavy (non-hydrogen) atoms. The minimum atomic E-state index is -1.04. The van der Waals surface area contributed by atoms with Crippen LogP contribution < -0.4 is 0 Å². The highest BCUT2D eigenvalue weighted by Crippen LogP contribution is 2.19. The number of aromatic nitrogens is 1. The number of rotatable bonds is 3. The van der Waals surface area contributed by atoms with Gasteiger partial charge in [0, 0.05) is 18.5 Å². The molecule has 0 radical (unpaired) electrons. The van der Waals surface area contributed by atoms with E-state index < -0.39 is 5.97 Å². The molecule has 2 rings (SSSR count). The number of likely N-dealkylation sites (tertiary alicyclic amines) is 1. The van der Waals surface area contributed by atoms with E-state index in [1.807, 2.05) is 0 Å². The Morgan fingerprint density at radius 2 is 2.50 bits per heavy atom. The number of hydrogen-bond donors (Lipinski definition) is 1. The van der Waals surface area contributed by atoms with Gasteiger partial charge in [0.2, 0.25) is 0 Å². The van der Waals surface area contributed by atoms with Crippen molar-refractivity contribution >= 4 is 5.97 Å². The predicted molar refractivity (Wildman–Crippen MR) is 57.4 cm³/mol. The molecule has 88 valence electrons. The van der Waals surface area contributed by atoms with Gasteiger partial charge in [-0.2, -0.15) is 0 Å². The average Bonchev–Trinajstić information content (AvgIpc) is 2.70. The highest BCUT2D eigenvalue weighted by molar-refractivity contribution is 5.85. The standard InChI is InChI=1S/C11H16N2O3/c1-13-5-3-2-4-8(13)6-9-7-10(11(14)15)12-16-9/h7-8H,2-6H2,1H3,(H,14,15). The molecule has 1 N–H and O–H groups in total. The molecular formula is C11H16N2O3. The minimum absolute atomic E-state index is 0.00605. The Labute approximate surface area is 94.0 Å². The number of nitrogens with zero attached hydrogens (tertiary/aromatic N) is 2. The first-order valence-corrected chi connectivity index (χ1v) is 5.56. The third-order valence-electron chi connectivity index (χ3n) is 3.14. The number of carbonyl (C=O) groups is 1. The van der Waals surface area contributed by atoms with Gasteiger partial charge in [-0.1, -0.05) is 11.6 Å². The van der Waals surface area contributed by atoms with Crippen molar-refractivity contribution < 1.29 is 14.4 Å². The Bertz CT molecular complexity index is 375. The fourth-order valence-corrected chi connectivity index (χ4v) is 2.14. The molecule has 0 amide bonds. The van der Waals surface area contributed by atoms with E-state index in [9.17, 15) is 4.79 Å². The summed E-state index contributed by atoms with van der Waals surface area (Å²) in [7, 11) is 2.10. The molecule has 1 saturated heterocycles. The molecule has 1 aliphatic heterocycles. The van der Waals surface area contributed by atoms with Crippen LogP contribution in [0.25, 0.3) is 0 Å². The number of aromatic carboxylic acids is 1. The van der Waals surface area contributed by atoms with Gasteiger partial charge in [-0.05, 0) is 26.4 Å². The predicted octanol–water partition coefficient (Wildman–Crippen LogP) is 1.40. The summed E-state index contributed by atoms with van der Waals surface area (Å²) in [5.41, 5.74) is -0.00605. The lowest BCUT2D eigenvalue weighted by Gasteiger charge is -2.31. The maximum absolute atomic E-state index is 10.6. The Hall–Kier alpha value is -1.36. The van der Waals surface area contributed by atoms with Crippen molar-refractivity contribution in [1.29, 1.82) is 0 Å². The lowest BCUT2D eigenvalue weighted by Crippen LogP contribution is -2.37. The smallest absolute Gasteiger partial charge is 0.358 e. The fourth-order valence-electron chi connectivity index (χ4n) is 2.14. The third-order valence-corrected chi connectivity index (χ3v) is 3.14. The summed E-state index contributed by atoms with van der Waals surface area (Å²) in [6.45, 7) is 1.10. The summed E-state index contributed by atoms with van der Waals surface area (Å²) in [5, 5.41) is 12.2. The fraction of sp³-hybridized carbons (Fsp3) is 0.636. The molecule has 1 atom stereocenters. The second-order valence-electron chi connectivity index (χ2n) is 4.32. The van der Waals surface area contributed by atoms with Crippen LogP contribution in [0.3, 0.4) is 0 Å². The lowest BCUT2D eigenvalue weighted by molar-refractivity contribution is 0.0685. The molecule has 1 unspecified atom stereocenters. The van der Waals surface area contributed by atoms with E-state index in [1.165, 1.54) is 18.9 Å². The minimum Gasteiger partial charge on any atom is -0.476 e. The number of carboxylic acids is 1. The van der Waals surface area contributed by atoms with E-state index in [0.29, 0.717) is 11.8 Å². The molecular weight excluding hydrogens is 208 g/mol. The molecule has 0 bridgehead atoms. The first-order chi connectivity index (χ1) is 7.66. The highest BCUT2D eigenvalue weighted by Gasteiger charge is 2.21. The van der Waals surface area contributed by atoms with Crippen molar-refractivity contribution in [3.05, 3.63) is 17.5 Å². The Kier molecular flexibility index (Phi) is 3.24. The van der Waals surface area contributed by atoms with Crippen LogP contribution in [0.4, 0.5) is 0 Å². The third kappa shape index (κ3) is 2.41. The molecule has 1 fully saturated rings. The average molecular weight is 224 g/mol. The van der Waals surface area contributed by atoms with Gasteiger partial charge in [0.15, 0.2) is 5.69 Å². The second-order valence-corrected chi connectivity index (χ2v) is 4.32. The number of hydrogen-bond acceptors (Lipinski definition) is 4. The largest absolute Gasteiger partial charge is 0.476 e. The second kappa shape index (κ2) is 4.65. The summed E-state index contributed by atoms with van der Waals surface area (Å²) < 4.78 is 5.02. The summed E-state index contributed by atoms with van der Waals surface area (Å²) in [4.78, 5) is 12.9. The van der Waals surface area contributed by atoms with Crippen LogP contribution in [0.5, 0.6) is 0 Å². The lowest BCUT2D eigenvalue weighted by atomic mass is 9.99. The van der Waals surface area contributed by atoms with Crippen LogP contribution in [0.15, 0.2) is 10.6 Å². The van der Waals surface area contributed by atoms with Crippen molar-refractivity contribution in [3.8, 4) is 0 Å². The van der Waals surface area contributed by atoms with Gasteiger partial charge in [0.1, 0.15) is 5.76 Å². The molecule has 0 spiro atoms. The highest BCUT2D eigenvalue weighted by atomic mass is 16.5. The molecule has 5 nitrogen and oxygen atoms in total. The number of carboxylic acid groups (broad SMARTS) is 1. The SMILES string of the molecule is CN1CCCCC1Cc1cc(C(=O)O)no1. The van der Waals surface area contributed by atoms with E-state index in [4.69, 9.17) is 9.63 Å². The van der Waals surface area contributed by atoms with Gasteiger partial charge < -0.3 is 14.5 Å². The van der Waals surface area contributed by atoms with E-state index in [1.54, 1.807) is 0 Å². The van der Waals surface area contributed by atoms with Gasteiger partial charge in [0.05, 0.1) is 0 Å². The molecule has 0 aliphatic carbocycles. The molecule has 0 saturated carbocycles. The van der Waals surface area contributed by atoms with Crippen molar-refractivity contribution in [2.45, 2.75) is 31.7 Å². The van der Waals surface area contributed by atoms with Gasteiger partial charge in [0.25, 0.3) is 0 Å². The molecule has 2 heterocycles. The molecule has 1 aromatic heterocycles. The van der Waals surface area contributed by atoms with Gasteiger partial charge in [-0.25, -0.2) is 4.79 Å². The van der Waals surface area contributed by atoms with Crippen LogP contribution in [0.1, 0.15) is 35.5 Å². The van der Waals surface area contributed by atoms with E-state index in [2.05, 4.69) is 17.1 Å². The van der Waals surface area contributed by atoms with Crippen molar-refractivity contribution in [2.24, 2.45) is 0 Å². The number of likely N-dealkylation sites (N-methyl/N-ethyl adjacent to an activating group) is 1. The normalized spacial score (nSPS) is 22.2. The summed E-state index contributed by atoms with van der Waals surface area (Å²) in [6.07, 6.45) is 4.36. The molecule has 5 heteroatoms. The zero-order valence-corrected chi connectivity index (χ0v) is 9.35. The zero-order chi connectivity index (χ0) is 11.5. The maximum Gasteiger partial charge on any atom is 0.358 e. The molecule has 1 aromatic rings. The molecule has 1 aliphatic rings. The quantitative estimate of drug-likeness (QED) is 0.840. The topological polar surface area (TPSA) is 66.6 Å². The van der Waals surface area contributed by atoms with Crippen LogP contribution in [-0.2, 0) is 6.42 Å². The Balaban J connectivity index is 1.99. The molecule has 0 aromatic carbocycles. The van der Waals surface area contributed by atoms with Crippen molar-refractivity contribution in [3.63, 3.8) is 0 Å². The van der Waals surface area contributed by atoms with E-state index in [0.717, 1.165) is 19.4 Å². The van der Waals surface area contributed by atoms with Gasteiger partial charge in [-0.15, -0.1) is 0 Å². The van der Waals surface area contributed by atoms with Crippen LogP contribution in [0.2, 0.25) is 0 Å². The van der Waals surface area contributed by atoms with Crippen LogP contribution in [-0.4, -0.2) is 40.8 Å². The summed E-state index contributed by atoms with van der Waals surface area (Å²) in [5.74, 6) is -0.372. The first-order valence-electron chi connectivity index (χ1n) is 5.56. The van der Waals surface area contributed by atoms with E-state index >= 15 is 0 Å². The zero-order valence-electron chi connectivity index (χ0n) is 9.35. The first kappa shape index (κ1) is 11.1. The van der Waals surface area contributed by atoms with E-state index in [-0.39, 0.29) is 5.69 Å².